The number of rotatable bonds is 9. The van der Waals surface area contributed by atoms with Gasteiger partial charge < -0.3 is 36.1 Å². The highest BCUT2D eigenvalue weighted by Crippen LogP contribution is 2.40. The molecule has 0 saturated carbocycles. The molecule has 9 nitrogen and oxygen atoms in total. The topological polar surface area (TPSA) is 156 Å². The van der Waals surface area contributed by atoms with E-state index in [-0.39, 0.29) is 0 Å². The van der Waals surface area contributed by atoms with E-state index in [4.69, 9.17) is 36.1 Å². The Kier molecular flexibility index (Phi) is 11.3. The summed E-state index contributed by atoms with van der Waals surface area (Å²) in [5.74, 6) is 2.04. The van der Waals surface area contributed by atoms with Gasteiger partial charge in [-0.2, -0.15) is 5.26 Å². The maximum atomic E-state index is 10.3. The number of primary amides is 1. The van der Waals surface area contributed by atoms with E-state index in [2.05, 4.69) is 6.07 Å². The van der Waals surface area contributed by atoms with Crippen LogP contribution >= 0.6 is 0 Å². The molecule has 0 aliphatic rings. The summed E-state index contributed by atoms with van der Waals surface area (Å²) in [6.45, 7) is 4.01. The molecule has 184 valence electrons. The fourth-order valence-electron chi connectivity index (χ4n) is 3.05. The second kappa shape index (κ2) is 13.6. The Balaban J connectivity index is 0.000000546. The molecule has 0 radical (unpaired) electrons. The number of carbonyl (C=O) groups excluding carboxylic acids is 1. The van der Waals surface area contributed by atoms with E-state index in [0.29, 0.717) is 52.2 Å². The first-order valence-corrected chi connectivity index (χ1v) is 10.5. The molecule has 1 atom stereocenters. The number of hydrogen-bond donors (Lipinski definition) is 3. The standard InChI is InChI=1S/C19H20N2O4.C6H14N2O/c1-22-16-6-5-12(8-15(16)21)7-14(11-20)13-9-17(23-2)19(25-4)18(10-13)24-3;1-4(2)3-5(7)6(8)9/h5-10H,21H2,1-4H3;4-5H,3,7H2,1-2H3,(H2,8,9)/t;5-/m.1/s1. The monoisotopic (exact) mass is 470 g/mol. The number of allylic oxidation sites excluding steroid dienone is 1. The number of nitrogens with zero attached hydrogens (tertiary/aromatic N) is 1. The second-order valence-electron chi connectivity index (χ2n) is 7.72. The molecular formula is C25H34N4O5. The smallest absolute Gasteiger partial charge is 0.234 e. The van der Waals surface area contributed by atoms with Crippen molar-refractivity contribution in [1.29, 1.82) is 5.26 Å². The number of methoxy groups -OCH3 is 4. The number of amides is 1. The van der Waals surface area contributed by atoms with Crippen LogP contribution in [-0.4, -0.2) is 40.4 Å². The number of nitrogen functional groups attached to an aromatic ring is 1. The normalized spacial score (nSPS) is 11.6. The lowest BCUT2D eigenvalue weighted by atomic mass is 10.0. The summed E-state index contributed by atoms with van der Waals surface area (Å²) in [5, 5.41) is 9.58. The van der Waals surface area contributed by atoms with Crippen molar-refractivity contribution in [3.63, 3.8) is 0 Å². The first-order chi connectivity index (χ1) is 16.1. The zero-order valence-electron chi connectivity index (χ0n) is 20.5. The van der Waals surface area contributed by atoms with E-state index in [1.54, 1.807) is 37.5 Å². The van der Waals surface area contributed by atoms with Gasteiger partial charge >= 0.3 is 0 Å². The third kappa shape index (κ3) is 7.90. The zero-order chi connectivity index (χ0) is 25.8. The lowest BCUT2D eigenvalue weighted by molar-refractivity contribution is -0.119. The molecular weight excluding hydrogens is 436 g/mol. The fourth-order valence-corrected chi connectivity index (χ4v) is 3.05. The molecule has 0 fully saturated rings. The third-order valence-corrected chi connectivity index (χ3v) is 4.75. The largest absolute Gasteiger partial charge is 0.495 e. The number of anilines is 1. The first kappa shape index (κ1) is 28.1. The molecule has 1 amide bonds. The SMILES string of the molecule is CC(C)C[C@@H](N)C(N)=O.COc1ccc(C=C(C#N)c2cc(OC)c(OC)c(OC)c2)cc1N. The number of nitrogens with two attached hydrogens (primary N) is 3. The van der Waals surface area contributed by atoms with Gasteiger partial charge in [-0.1, -0.05) is 19.9 Å². The summed E-state index contributed by atoms with van der Waals surface area (Å²) in [5.41, 5.74) is 18.5. The molecule has 0 aliphatic carbocycles. The van der Waals surface area contributed by atoms with Crippen molar-refractivity contribution < 1.29 is 23.7 Å². The van der Waals surface area contributed by atoms with Gasteiger partial charge in [-0.15, -0.1) is 0 Å². The molecule has 2 aromatic carbocycles. The van der Waals surface area contributed by atoms with E-state index < -0.39 is 11.9 Å². The molecule has 6 N–H and O–H groups in total. The average molecular weight is 471 g/mol. The van der Waals surface area contributed by atoms with Gasteiger partial charge in [0, 0.05) is 0 Å². The predicted octanol–water partition coefficient (Wildman–Crippen LogP) is 3.21. The van der Waals surface area contributed by atoms with Crippen molar-refractivity contribution in [3.8, 4) is 29.1 Å². The molecule has 34 heavy (non-hydrogen) atoms. The summed E-state index contributed by atoms with van der Waals surface area (Å²) in [7, 11) is 6.14. The maximum Gasteiger partial charge on any atom is 0.234 e. The highest BCUT2D eigenvalue weighted by atomic mass is 16.5. The highest BCUT2D eigenvalue weighted by molar-refractivity contribution is 5.91. The van der Waals surface area contributed by atoms with E-state index in [0.717, 1.165) is 5.56 Å². The molecule has 0 unspecified atom stereocenters. The van der Waals surface area contributed by atoms with E-state index >= 15 is 0 Å². The van der Waals surface area contributed by atoms with Crippen LogP contribution in [0.1, 0.15) is 31.4 Å². The Morgan fingerprint density at radius 1 is 1.00 bits per heavy atom. The highest BCUT2D eigenvalue weighted by Gasteiger charge is 2.15. The Hall–Kier alpha value is -3.90. The van der Waals surface area contributed by atoms with Crippen molar-refractivity contribution in [2.24, 2.45) is 17.4 Å². The van der Waals surface area contributed by atoms with Crippen molar-refractivity contribution >= 4 is 23.2 Å². The molecule has 0 saturated heterocycles. The van der Waals surface area contributed by atoms with Crippen LogP contribution in [0.2, 0.25) is 0 Å². The summed E-state index contributed by atoms with van der Waals surface area (Å²) >= 11 is 0. The summed E-state index contributed by atoms with van der Waals surface area (Å²) in [6, 6.07) is 10.5. The van der Waals surface area contributed by atoms with Gasteiger partial charge in [0.2, 0.25) is 11.7 Å². The molecule has 0 aromatic heterocycles. The fraction of sp³-hybridized carbons (Fsp3) is 0.360. The molecule has 0 bridgehead atoms. The molecule has 0 heterocycles. The Labute approximate surface area is 201 Å². The maximum absolute atomic E-state index is 10.3. The number of benzene rings is 2. The van der Waals surface area contributed by atoms with Crippen LogP contribution < -0.4 is 36.1 Å². The van der Waals surface area contributed by atoms with Gasteiger partial charge in [-0.3, -0.25) is 4.79 Å². The quantitative estimate of drug-likeness (QED) is 0.286. The Morgan fingerprint density at radius 2 is 1.56 bits per heavy atom. The molecule has 0 spiro atoms. The predicted molar refractivity (Wildman–Crippen MR) is 134 cm³/mol. The molecule has 2 rings (SSSR count). The van der Waals surface area contributed by atoms with Crippen molar-refractivity contribution in [3.05, 3.63) is 41.5 Å². The van der Waals surface area contributed by atoms with Crippen molar-refractivity contribution in [2.45, 2.75) is 26.3 Å². The molecule has 9 heteroatoms. The van der Waals surface area contributed by atoms with Gasteiger partial charge in [-0.05, 0) is 53.8 Å². The number of ether oxygens (including phenoxy) is 4. The lowest BCUT2D eigenvalue weighted by Gasteiger charge is -2.14. The van der Waals surface area contributed by atoms with E-state index in [9.17, 15) is 10.1 Å². The van der Waals surface area contributed by atoms with Gasteiger partial charge in [0.05, 0.1) is 51.8 Å². The van der Waals surface area contributed by atoms with Gasteiger partial charge in [0.25, 0.3) is 0 Å². The van der Waals surface area contributed by atoms with E-state index in [1.165, 1.54) is 21.3 Å². The Bertz CT molecular complexity index is 1020. The van der Waals surface area contributed by atoms with Gasteiger partial charge in [-0.25, -0.2) is 0 Å². The lowest BCUT2D eigenvalue weighted by Crippen LogP contribution is -2.37. The van der Waals surface area contributed by atoms with Crippen LogP contribution in [0.5, 0.6) is 23.0 Å². The number of nitriles is 1. The van der Waals surface area contributed by atoms with Crippen LogP contribution in [0.25, 0.3) is 11.6 Å². The van der Waals surface area contributed by atoms with Crippen molar-refractivity contribution in [2.75, 3.05) is 34.2 Å². The number of hydrogen-bond acceptors (Lipinski definition) is 8. The third-order valence-electron chi connectivity index (χ3n) is 4.75. The first-order valence-electron chi connectivity index (χ1n) is 10.5. The van der Waals surface area contributed by atoms with Crippen LogP contribution in [0.4, 0.5) is 5.69 Å². The van der Waals surface area contributed by atoms with Crippen LogP contribution in [0.3, 0.4) is 0 Å². The summed E-state index contributed by atoms with van der Waals surface area (Å²) in [6.07, 6.45) is 2.41. The minimum Gasteiger partial charge on any atom is -0.495 e. The minimum absolute atomic E-state index is 0.413. The van der Waals surface area contributed by atoms with E-state index in [1.807, 2.05) is 19.9 Å². The molecule has 2 aromatic rings. The summed E-state index contributed by atoms with van der Waals surface area (Å²) in [4.78, 5) is 10.3. The minimum atomic E-state index is -0.468. The van der Waals surface area contributed by atoms with Gasteiger partial charge in [0.15, 0.2) is 11.5 Å². The molecule has 0 aliphatic heterocycles. The summed E-state index contributed by atoms with van der Waals surface area (Å²) < 4.78 is 21.1. The van der Waals surface area contributed by atoms with Crippen molar-refractivity contribution in [1.82, 2.24) is 0 Å². The second-order valence-corrected chi connectivity index (χ2v) is 7.72. The Morgan fingerprint density at radius 3 is 1.91 bits per heavy atom. The van der Waals surface area contributed by atoms with Crippen LogP contribution in [0.15, 0.2) is 30.3 Å². The van der Waals surface area contributed by atoms with Gasteiger partial charge in [0.1, 0.15) is 5.75 Å². The van der Waals surface area contributed by atoms with Crippen LogP contribution in [0, 0.1) is 17.2 Å². The van der Waals surface area contributed by atoms with Crippen LogP contribution in [-0.2, 0) is 4.79 Å². The average Bonchev–Trinajstić information content (AvgIpc) is 2.81. The number of carbonyl (C=O) groups is 1. The zero-order valence-corrected chi connectivity index (χ0v) is 20.5.